The van der Waals surface area contributed by atoms with Gasteiger partial charge >= 0.3 is 5.97 Å². The number of hydrogen-bond acceptors (Lipinski definition) is 6. The summed E-state index contributed by atoms with van der Waals surface area (Å²) in [6.45, 7) is 0. The standard InChI is InChI=1S/C14H10ClN5O2S/c15-9-2-4-10(5-3-9)20-11(12(13(21)22)18-19-20)8-23-14-16-6-1-7-17-14/h1-7H,8H2,(H,21,22). The van der Waals surface area contributed by atoms with Gasteiger partial charge in [-0.15, -0.1) is 5.10 Å². The van der Waals surface area contributed by atoms with Gasteiger partial charge in [0, 0.05) is 23.2 Å². The third-order valence-electron chi connectivity index (χ3n) is 2.92. The molecular formula is C14H10ClN5O2S. The van der Waals surface area contributed by atoms with E-state index in [0.29, 0.717) is 27.3 Å². The molecule has 0 bridgehead atoms. The normalized spacial score (nSPS) is 10.7. The maximum atomic E-state index is 11.4. The molecular weight excluding hydrogens is 338 g/mol. The molecule has 2 aromatic heterocycles. The van der Waals surface area contributed by atoms with E-state index in [1.165, 1.54) is 16.4 Å². The number of carboxylic acid groups (broad SMARTS) is 1. The Morgan fingerprint density at radius 2 is 1.91 bits per heavy atom. The fourth-order valence-corrected chi connectivity index (χ4v) is 2.80. The topological polar surface area (TPSA) is 93.8 Å². The van der Waals surface area contributed by atoms with Crippen LogP contribution in [0.1, 0.15) is 16.2 Å². The van der Waals surface area contributed by atoms with Crippen LogP contribution >= 0.6 is 23.4 Å². The second-order valence-electron chi connectivity index (χ2n) is 4.40. The Bertz CT molecular complexity index is 823. The number of aromatic carboxylic acids is 1. The number of halogens is 1. The second-order valence-corrected chi connectivity index (χ2v) is 5.78. The number of hydrogen-bond donors (Lipinski definition) is 1. The Morgan fingerprint density at radius 1 is 1.22 bits per heavy atom. The van der Waals surface area contributed by atoms with Crippen LogP contribution in [0.4, 0.5) is 0 Å². The van der Waals surface area contributed by atoms with Crippen LogP contribution in [0.3, 0.4) is 0 Å². The van der Waals surface area contributed by atoms with E-state index in [0.717, 1.165) is 0 Å². The molecule has 0 aliphatic rings. The molecule has 0 unspecified atom stereocenters. The van der Waals surface area contributed by atoms with Gasteiger partial charge in [-0.2, -0.15) is 0 Å². The maximum Gasteiger partial charge on any atom is 0.358 e. The van der Waals surface area contributed by atoms with Crippen molar-refractivity contribution in [2.75, 3.05) is 0 Å². The number of rotatable bonds is 5. The Hall–Kier alpha value is -2.45. The zero-order valence-electron chi connectivity index (χ0n) is 11.6. The average molecular weight is 348 g/mol. The first-order valence-corrected chi connectivity index (χ1v) is 7.85. The van der Waals surface area contributed by atoms with E-state index in [2.05, 4.69) is 20.3 Å². The summed E-state index contributed by atoms with van der Waals surface area (Å²) in [5.74, 6) is -0.809. The number of carbonyl (C=O) groups is 1. The molecule has 0 amide bonds. The van der Waals surface area contributed by atoms with Gasteiger partial charge in [0.05, 0.1) is 11.4 Å². The molecule has 2 heterocycles. The van der Waals surface area contributed by atoms with E-state index >= 15 is 0 Å². The molecule has 1 N–H and O–H groups in total. The van der Waals surface area contributed by atoms with Crippen molar-refractivity contribution in [1.82, 2.24) is 25.0 Å². The van der Waals surface area contributed by atoms with Gasteiger partial charge in [0.2, 0.25) is 0 Å². The van der Waals surface area contributed by atoms with Gasteiger partial charge in [0.15, 0.2) is 10.9 Å². The SMILES string of the molecule is O=C(O)c1nnn(-c2ccc(Cl)cc2)c1CSc1ncccn1. The molecule has 3 rings (SSSR count). The van der Waals surface area contributed by atoms with Crippen molar-refractivity contribution in [1.29, 1.82) is 0 Å². The fourth-order valence-electron chi connectivity index (χ4n) is 1.88. The molecule has 0 radical (unpaired) electrons. The zero-order valence-corrected chi connectivity index (χ0v) is 13.2. The van der Waals surface area contributed by atoms with Crippen molar-refractivity contribution in [3.8, 4) is 5.69 Å². The third-order valence-corrected chi connectivity index (χ3v) is 4.06. The molecule has 0 aliphatic carbocycles. The monoisotopic (exact) mass is 347 g/mol. The van der Waals surface area contributed by atoms with Crippen molar-refractivity contribution in [3.63, 3.8) is 0 Å². The van der Waals surface area contributed by atoms with Gasteiger partial charge in [0.25, 0.3) is 0 Å². The molecule has 23 heavy (non-hydrogen) atoms. The molecule has 0 saturated heterocycles. The van der Waals surface area contributed by atoms with Gasteiger partial charge in [0.1, 0.15) is 0 Å². The van der Waals surface area contributed by atoms with Crippen molar-refractivity contribution < 1.29 is 9.90 Å². The first kappa shape index (κ1) is 15.4. The van der Waals surface area contributed by atoms with Gasteiger partial charge in [-0.25, -0.2) is 19.4 Å². The van der Waals surface area contributed by atoms with Crippen LogP contribution in [0.15, 0.2) is 47.9 Å². The van der Waals surface area contributed by atoms with Crippen LogP contribution in [0, 0.1) is 0 Å². The number of nitrogens with zero attached hydrogens (tertiary/aromatic N) is 5. The summed E-state index contributed by atoms with van der Waals surface area (Å²) in [5.41, 5.74) is 1.04. The highest BCUT2D eigenvalue weighted by Gasteiger charge is 2.20. The van der Waals surface area contributed by atoms with Gasteiger partial charge in [-0.1, -0.05) is 28.6 Å². The van der Waals surface area contributed by atoms with Crippen molar-refractivity contribution in [3.05, 3.63) is 59.1 Å². The van der Waals surface area contributed by atoms with Crippen LogP contribution in [-0.2, 0) is 5.75 Å². The number of thioether (sulfide) groups is 1. The predicted octanol–water partition coefficient (Wildman–Crippen LogP) is 2.70. The van der Waals surface area contributed by atoms with Crippen molar-refractivity contribution in [2.24, 2.45) is 0 Å². The summed E-state index contributed by atoms with van der Waals surface area (Å²) in [6.07, 6.45) is 3.25. The van der Waals surface area contributed by atoms with Crippen molar-refractivity contribution >= 4 is 29.3 Å². The van der Waals surface area contributed by atoms with E-state index in [1.807, 2.05) is 0 Å². The minimum atomic E-state index is -1.13. The number of carboxylic acids is 1. The third kappa shape index (κ3) is 3.49. The number of benzene rings is 1. The molecule has 0 fully saturated rings. The van der Waals surface area contributed by atoms with Crippen LogP contribution < -0.4 is 0 Å². The molecule has 3 aromatic rings. The Balaban J connectivity index is 1.94. The summed E-state index contributed by atoms with van der Waals surface area (Å²) >= 11 is 7.18. The average Bonchev–Trinajstić information content (AvgIpc) is 2.99. The van der Waals surface area contributed by atoms with E-state index in [4.69, 9.17) is 11.6 Å². The molecule has 0 saturated carbocycles. The quantitative estimate of drug-likeness (QED) is 0.560. The second kappa shape index (κ2) is 6.76. The van der Waals surface area contributed by atoms with Gasteiger partial charge in [-0.05, 0) is 30.3 Å². The first-order valence-electron chi connectivity index (χ1n) is 6.49. The largest absolute Gasteiger partial charge is 0.476 e. The molecule has 1 aromatic carbocycles. The molecule has 0 aliphatic heterocycles. The van der Waals surface area contributed by atoms with Crippen LogP contribution in [0.25, 0.3) is 5.69 Å². The van der Waals surface area contributed by atoms with E-state index < -0.39 is 5.97 Å². The smallest absolute Gasteiger partial charge is 0.358 e. The summed E-state index contributed by atoms with van der Waals surface area (Å²) < 4.78 is 1.48. The number of aromatic nitrogens is 5. The Morgan fingerprint density at radius 3 is 2.57 bits per heavy atom. The van der Waals surface area contributed by atoms with E-state index in [9.17, 15) is 9.90 Å². The predicted molar refractivity (Wildman–Crippen MR) is 84.9 cm³/mol. The van der Waals surface area contributed by atoms with Crippen molar-refractivity contribution in [2.45, 2.75) is 10.9 Å². The lowest BCUT2D eigenvalue weighted by Crippen LogP contribution is -2.06. The molecule has 7 nitrogen and oxygen atoms in total. The highest BCUT2D eigenvalue weighted by molar-refractivity contribution is 7.98. The lowest BCUT2D eigenvalue weighted by molar-refractivity contribution is 0.0689. The fraction of sp³-hybridized carbons (Fsp3) is 0.0714. The Kier molecular flexibility index (Phi) is 4.54. The molecule has 0 atom stereocenters. The molecule has 116 valence electrons. The minimum Gasteiger partial charge on any atom is -0.476 e. The molecule has 0 spiro atoms. The van der Waals surface area contributed by atoms with Gasteiger partial charge < -0.3 is 5.11 Å². The van der Waals surface area contributed by atoms with Crippen LogP contribution in [0.5, 0.6) is 0 Å². The highest BCUT2D eigenvalue weighted by Crippen LogP contribution is 2.23. The summed E-state index contributed by atoms with van der Waals surface area (Å²) in [4.78, 5) is 19.6. The molecule has 9 heteroatoms. The van der Waals surface area contributed by atoms with E-state index in [-0.39, 0.29) is 5.69 Å². The summed E-state index contributed by atoms with van der Waals surface area (Å²) in [6, 6.07) is 8.62. The lowest BCUT2D eigenvalue weighted by Gasteiger charge is -2.06. The van der Waals surface area contributed by atoms with Gasteiger partial charge in [-0.3, -0.25) is 0 Å². The zero-order chi connectivity index (χ0) is 16.2. The summed E-state index contributed by atoms with van der Waals surface area (Å²) in [5, 5.41) is 18.1. The lowest BCUT2D eigenvalue weighted by atomic mass is 10.3. The van der Waals surface area contributed by atoms with Crippen LogP contribution in [0.2, 0.25) is 5.02 Å². The summed E-state index contributed by atoms with van der Waals surface area (Å²) in [7, 11) is 0. The minimum absolute atomic E-state index is 0.0941. The van der Waals surface area contributed by atoms with Crippen LogP contribution in [-0.4, -0.2) is 36.0 Å². The Labute approximate surface area is 140 Å². The highest BCUT2D eigenvalue weighted by atomic mass is 35.5. The first-order chi connectivity index (χ1) is 11.1. The van der Waals surface area contributed by atoms with E-state index in [1.54, 1.807) is 42.7 Å². The maximum absolute atomic E-state index is 11.4.